The largest absolute Gasteiger partial charge is 0.374 e. The minimum Gasteiger partial charge on any atom is -0.374 e. The highest BCUT2D eigenvalue weighted by Crippen LogP contribution is 2.14. The molecule has 1 rings (SSSR count). The molecule has 0 unspecified atom stereocenters. The van der Waals surface area contributed by atoms with Crippen LogP contribution in [0.15, 0.2) is 0 Å². The van der Waals surface area contributed by atoms with Crippen LogP contribution >= 0.6 is 0 Å². The Morgan fingerprint density at radius 3 is 2.53 bits per heavy atom. The maximum absolute atomic E-state index is 5.76. The van der Waals surface area contributed by atoms with Crippen molar-refractivity contribution >= 4 is 0 Å². The summed E-state index contributed by atoms with van der Waals surface area (Å²) in [7, 11) is 0. The smallest absolute Gasteiger partial charge is 0.0669 e. The molecule has 0 saturated heterocycles. The average molecular weight is 267 g/mol. The van der Waals surface area contributed by atoms with E-state index in [4.69, 9.17) is 4.74 Å². The Hall–Kier alpha value is -0.870. The molecule has 19 heavy (non-hydrogen) atoms. The summed E-state index contributed by atoms with van der Waals surface area (Å²) in [6.07, 6.45) is 1.05. The van der Waals surface area contributed by atoms with Gasteiger partial charge in [-0.1, -0.05) is 6.92 Å². The van der Waals surface area contributed by atoms with E-state index in [-0.39, 0.29) is 5.60 Å². The van der Waals surface area contributed by atoms with Crippen molar-refractivity contribution < 1.29 is 4.74 Å². The zero-order chi connectivity index (χ0) is 14.5. The third kappa shape index (κ3) is 5.33. The Kier molecular flexibility index (Phi) is 6.01. The number of aromatic nitrogens is 2. The Morgan fingerprint density at radius 2 is 1.95 bits per heavy atom. The number of ether oxygens (including phenoxy) is 1. The van der Waals surface area contributed by atoms with Gasteiger partial charge in [0.15, 0.2) is 0 Å². The lowest BCUT2D eigenvalue weighted by atomic mass is 10.1. The molecule has 0 bridgehead atoms. The molecule has 0 aliphatic heterocycles. The molecule has 0 saturated carbocycles. The summed E-state index contributed by atoms with van der Waals surface area (Å²) in [6.45, 7) is 16.2. The molecule has 0 radical (unpaired) electrons. The number of nitrogens with zero attached hydrogens (tertiary/aromatic N) is 2. The van der Waals surface area contributed by atoms with E-state index in [0.717, 1.165) is 31.7 Å². The van der Waals surface area contributed by atoms with E-state index < -0.39 is 0 Å². The van der Waals surface area contributed by atoms with Crippen LogP contribution in [0, 0.1) is 13.8 Å². The Bertz CT molecular complexity index is 391. The fourth-order valence-corrected chi connectivity index (χ4v) is 2.14. The molecule has 0 fully saturated rings. The molecule has 0 spiro atoms. The normalized spacial score (nSPS) is 12.1. The van der Waals surface area contributed by atoms with Crippen LogP contribution in [0.3, 0.4) is 0 Å². The lowest BCUT2D eigenvalue weighted by molar-refractivity contribution is -0.00810. The fourth-order valence-electron chi connectivity index (χ4n) is 2.14. The van der Waals surface area contributed by atoms with Crippen LogP contribution in [0.1, 0.15) is 44.6 Å². The van der Waals surface area contributed by atoms with Crippen LogP contribution in [0.4, 0.5) is 0 Å². The highest BCUT2D eigenvalue weighted by atomic mass is 16.5. The van der Waals surface area contributed by atoms with Crippen molar-refractivity contribution in [2.24, 2.45) is 0 Å². The van der Waals surface area contributed by atoms with E-state index in [0.29, 0.717) is 6.61 Å². The first-order valence-corrected chi connectivity index (χ1v) is 7.22. The van der Waals surface area contributed by atoms with Gasteiger partial charge >= 0.3 is 0 Å². The van der Waals surface area contributed by atoms with Crippen LogP contribution < -0.4 is 5.32 Å². The number of aryl methyl sites for hydroxylation is 1. The SMILES string of the molecule is CCNCCc1c(C)nn(CCOC(C)(C)C)c1C. The van der Waals surface area contributed by atoms with Gasteiger partial charge in [0.1, 0.15) is 0 Å². The second-order valence-corrected chi connectivity index (χ2v) is 5.94. The third-order valence-electron chi connectivity index (χ3n) is 3.17. The molecule has 0 aliphatic carbocycles. The molecular formula is C15H29N3O. The van der Waals surface area contributed by atoms with Gasteiger partial charge in [0.05, 0.1) is 24.4 Å². The number of hydrogen-bond acceptors (Lipinski definition) is 3. The Labute approximate surface area is 117 Å². The van der Waals surface area contributed by atoms with Gasteiger partial charge in [-0.2, -0.15) is 5.10 Å². The summed E-state index contributed by atoms with van der Waals surface area (Å²) in [4.78, 5) is 0. The molecule has 1 heterocycles. The highest BCUT2D eigenvalue weighted by Gasteiger charge is 2.13. The van der Waals surface area contributed by atoms with Crippen molar-refractivity contribution in [1.82, 2.24) is 15.1 Å². The predicted molar refractivity (Wildman–Crippen MR) is 79.7 cm³/mol. The first kappa shape index (κ1) is 16.2. The molecule has 1 aromatic rings. The van der Waals surface area contributed by atoms with Gasteiger partial charge in [0.25, 0.3) is 0 Å². The Balaban J connectivity index is 2.58. The standard InChI is InChI=1S/C15H29N3O/c1-7-16-9-8-14-12(2)17-18(13(14)3)10-11-19-15(4,5)6/h16H,7-11H2,1-6H3. The third-order valence-corrected chi connectivity index (χ3v) is 3.17. The molecule has 0 aromatic carbocycles. The summed E-state index contributed by atoms with van der Waals surface area (Å²) in [5.41, 5.74) is 3.71. The highest BCUT2D eigenvalue weighted by molar-refractivity contribution is 5.24. The van der Waals surface area contributed by atoms with E-state index in [2.05, 4.69) is 56.6 Å². The van der Waals surface area contributed by atoms with E-state index in [1.165, 1.54) is 11.3 Å². The zero-order valence-corrected chi connectivity index (χ0v) is 13.3. The zero-order valence-electron chi connectivity index (χ0n) is 13.3. The molecule has 4 heteroatoms. The van der Waals surface area contributed by atoms with E-state index in [1.807, 2.05) is 0 Å². The van der Waals surface area contributed by atoms with Gasteiger partial charge in [-0.15, -0.1) is 0 Å². The summed E-state index contributed by atoms with van der Waals surface area (Å²) < 4.78 is 7.83. The summed E-state index contributed by atoms with van der Waals surface area (Å²) in [5.74, 6) is 0. The number of hydrogen-bond donors (Lipinski definition) is 1. The summed E-state index contributed by atoms with van der Waals surface area (Å²) >= 11 is 0. The van der Waals surface area contributed by atoms with Crippen molar-refractivity contribution in [1.29, 1.82) is 0 Å². The van der Waals surface area contributed by atoms with Crippen molar-refractivity contribution in [2.75, 3.05) is 19.7 Å². The lowest BCUT2D eigenvalue weighted by Crippen LogP contribution is -2.22. The summed E-state index contributed by atoms with van der Waals surface area (Å²) in [6, 6.07) is 0. The van der Waals surface area contributed by atoms with Crippen LogP contribution in [-0.4, -0.2) is 35.1 Å². The number of likely N-dealkylation sites (N-methyl/N-ethyl adjacent to an activating group) is 1. The molecule has 0 aliphatic rings. The van der Waals surface area contributed by atoms with Crippen molar-refractivity contribution in [2.45, 2.75) is 60.1 Å². The van der Waals surface area contributed by atoms with Gasteiger partial charge in [-0.3, -0.25) is 4.68 Å². The van der Waals surface area contributed by atoms with E-state index in [9.17, 15) is 0 Å². The predicted octanol–water partition coefficient (Wildman–Crippen LogP) is 2.47. The van der Waals surface area contributed by atoms with Crippen LogP contribution in [0.5, 0.6) is 0 Å². The lowest BCUT2D eigenvalue weighted by Gasteiger charge is -2.19. The first-order chi connectivity index (χ1) is 8.85. The van der Waals surface area contributed by atoms with Crippen LogP contribution in [0.2, 0.25) is 0 Å². The molecule has 1 N–H and O–H groups in total. The minimum atomic E-state index is -0.0794. The molecule has 1 aromatic heterocycles. The molecular weight excluding hydrogens is 238 g/mol. The molecule has 0 amide bonds. The van der Waals surface area contributed by atoms with Gasteiger partial charge in [-0.25, -0.2) is 0 Å². The minimum absolute atomic E-state index is 0.0794. The van der Waals surface area contributed by atoms with Gasteiger partial charge < -0.3 is 10.1 Å². The maximum Gasteiger partial charge on any atom is 0.0669 e. The molecule has 0 atom stereocenters. The van der Waals surface area contributed by atoms with Crippen LogP contribution in [0.25, 0.3) is 0 Å². The first-order valence-electron chi connectivity index (χ1n) is 7.22. The van der Waals surface area contributed by atoms with Gasteiger partial charge in [0, 0.05) is 5.69 Å². The second-order valence-electron chi connectivity index (χ2n) is 5.94. The quantitative estimate of drug-likeness (QED) is 0.771. The monoisotopic (exact) mass is 267 g/mol. The second kappa shape index (κ2) is 7.06. The van der Waals surface area contributed by atoms with Crippen molar-refractivity contribution in [3.63, 3.8) is 0 Å². The fraction of sp³-hybridized carbons (Fsp3) is 0.800. The van der Waals surface area contributed by atoms with Crippen LogP contribution in [-0.2, 0) is 17.7 Å². The average Bonchev–Trinajstić information content (AvgIpc) is 2.55. The van der Waals surface area contributed by atoms with E-state index in [1.54, 1.807) is 0 Å². The van der Waals surface area contributed by atoms with Crippen molar-refractivity contribution in [3.05, 3.63) is 17.0 Å². The number of rotatable bonds is 7. The topological polar surface area (TPSA) is 39.1 Å². The van der Waals surface area contributed by atoms with Gasteiger partial charge in [-0.05, 0) is 59.7 Å². The summed E-state index contributed by atoms with van der Waals surface area (Å²) in [5, 5.41) is 7.98. The number of nitrogens with one attached hydrogen (secondary N) is 1. The van der Waals surface area contributed by atoms with Gasteiger partial charge in [0.2, 0.25) is 0 Å². The van der Waals surface area contributed by atoms with E-state index >= 15 is 0 Å². The Morgan fingerprint density at radius 1 is 1.26 bits per heavy atom. The van der Waals surface area contributed by atoms with Crippen molar-refractivity contribution in [3.8, 4) is 0 Å². The molecule has 4 nitrogen and oxygen atoms in total. The molecule has 110 valence electrons. The maximum atomic E-state index is 5.76.